The topological polar surface area (TPSA) is 21.3 Å². The Bertz CT molecular complexity index is 350. The first-order valence-corrected chi connectivity index (χ1v) is 7.11. The van der Waals surface area contributed by atoms with Crippen LogP contribution in [0, 0.1) is 5.92 Å². The summed E-state index contributed by atoms with van der Waals surface area (Å²) in [6, 6.07) is 8.92. The summed E-state index contributed by atoms with van der Waals surface area (Å²) in [5, 5.41) is 3.62. The van der Waals surface area contributed by atoms with Crippen molar-refractivity contribution in [2.75, 3.05) is 19.8 Å². The van der Waals surface area contributed by atoms with E-state index in [0.717, 1.165) is 30.1 Å². The number of benzene rings is 1. The highest BCUT2D eigenvalue weighted by molar-refractivity contribution is 9.10. The van der Waals surface area contributed by atoms with Gasteiger partial charge in [0.05, 0.1) is 0 Å². The third-order valence-corrected chi connectivity index (χ3v) is 3.90. The van der Waals surface area contributed by atoms with Crippen LogP contribution in [0.25, 0.3) is 0 Å². The van der Waals surface area contributed by atoms with E-state index < -0.39 is 0 Å². The van der Waals surface area contributed by atoms with Crippen molar-refractivity contribution >= 4 is 15.9 Å². The first kappa shape index (κ1) is 13.1. The van der Waals surface area contributed by atoms with Gasteiger partial charge in [-0.1, -0.05) is 28.1 Å². The lowest BCUT2D eigenvalue weighted by molar-refractivity contribution is 0.0656. The second kappa shape index (κ2) is 6.53. The Labute approximate surface area is 112 Å². The number of rotatable bonds is 4. The predicted molar refractivity (Wildman–Crippen MR) is 74.1 cm³/mol. The van der Waals surface area contributed by atoms with E-state index in [1.165, 1.54) is 18.4 Å². The Morgan fingerprint density at radius 1 is 1.41 bits per heavy atom. The molecular formula is C14H20BrNO. The maximum atomic E-state index is 5.37. The van der Waals surface area contributed by atoms with Crippen molar-refractivity contribution in [1.82, 2.24) is 5.32 Å². The fourth-order valence-corrected chi connectivity index (χ4v) is 2.60. The second-order valence-electron chi connectivity index (χ2n) is 4.74. The molecule has 17 heavy (non-hydrogen) atoms. The molecule has 0 saturated carbocycles. The van der Waals surface area contributed by atoms with Crippen LogP contribution in [0.1, 0.15) is 31.4 Å². The van der Waals surface area contributed by atoms with E-state index in [1.54, 1.807) is 0 Å². The first-order chi connectivity index (χ1) is 8.25. The molecule has 1 aliphatic rings. The zero-order valence-electron chi connectivity index (χ0n) is 10.3. The predicted octanol–water partition coefficient (Wildman–Crippen LogP) is 3.53. The van der Waals surface area contributed by atoms with Gasteiger partial charge in [0.25, 0.3) is 0 Å². The van der Waals surface area contributed by atoms with E-state index in [9.17, 15) is 0 Å². The van der Waals surface area contributed by atoms with E-state index in [1.807, 2.05) is 0 Å². The average Bonchev–Trinajstić information content (AvgIpc) is 2.37. The molecular weight excluding hydrogens is 278 g/mol. The van der Waals surface area contributed by atoms with Crippen molar-refractivity contribution in [3.8, 4) is 0 Å². The lowest BCUT2D eigenvalue weighted by atomic mass is 9.99. The van der Waals surface area contributed by atoms with Crippen LogP contribution in [0.3, 0.4) is 0 Å². The van der Waals surface area contributed by atoms with Crippen molar-refractivity contribution in [2.45, 2.75) is 25.8 Å². The Balaban J connectivity index is 1.82. The normalized spacial score (nSPS) is 19.2. The molecule has 1 unspecified atom stereocenters. The third-order valence-electron chi connectivity index (χ3n) is 3.40. The summed E-state index contributed by atoms with van der Waals surface area (Å²) in [6.45, 7) is 5.17. The molecule has 1 saturated heterocycles. The van der Waals surface area contributed by atoms with E-state index in [0.29, 0.717) is 6.04 Å². The average molecular weight is 298 g/mol. The summed E-state index contributed by atoms with van der Waals surface area (Å²) in [5.41, 5.74) is 1.34. The van der Waals surface area contributed by atoms with Crippen LogP contribution >= 0.6 is 15.9 Å². The number of hydrogen-bond acceptors (Lipinski definition) is 2. The van der Waals surface area contributed by atoms with Gasteiger partial charge in [-0.05, 0) is 49.9 Å². The summed E-state index contributed by atoms with van der Waals surface area (Å²) in [5.74, 6) is 0.776. The molecule has 1 aromatic rings. The first-order valence-electron chi connectivity index (χ1n) is 6.32. The van der Waals surface area contributed by atoms with Gasteiger partial charge in [-0.15, -0.1) is 0 Å². The largest absolute Gasteiger partial charge is 0.381 e. The van der Waals surface area contributed by atoms with Gasteiger partial charge in [-0.2, -0.15) is 0 Å². The summed E-state index contributed by atoms with van der Waals surface area (Å²) in [4.78, 5) is 0. The van der Waals surface area contributed by atoms with Crippen molar-refractivity contribution in [3.63, 3.8) is 0 Å². The zero-order valence-corrected chi connectivity index (χ0v) is 11.9. The Kier molecular flexibility index (Phi) is 5.01. The number of halogens is 1. The Morgan fingerprint density at radius 3 is 2.88 bits per heavy atom. The quantitative estimate of drug-likeness (QED) is 0.918. The molecule has 1 aromatic carbocycles. The van der Waals surface area contributed by atoms with Gasteiger partial charge in [0.2, 0.25) is 0 Å². The van der Waals surface area contributed by atoms with Gasteiger partial charge >= 0.3 is 0 Å². The lowest BCUT2D eigenvalue weighted by Gasteiger charge is -2.24. The second-order valence-corrected chi connectivity index (χ2v) is 5.66. The maximum absolute atomic E-state index is 5.37. The Morgan fingerprint density at radius 2 is 2.18 bits per heavy atom. The van der Waals surface area contributed by atoms with E-state index in [-0.39, 0.29) is 0 Å². The maximum Gasteiger partial charge on any atom is 0.0469 e. The summed E-state index contributed by atoms with van der Waals surface area (Å²) in [6.07, 6.45) is 2.39. The molecule has 1 aliphatic heterocycles. The van der Waals surface area contributed by atoms with Crippen molar-refractivity contribution in [3.05, 3.63) is 34.3 Å². The molecule has 1 N–H and O–H groups in total. The SMILES string of the molecule is CC(NCC1CCOCC1)c1cccc(Br)c1. The number of hydrogen-bond donors (Lipinski definition) is 1. The molecule has 2 nitrogen and oxygen atoms in total. The molecule has 3 heteroatoms. The minimum Gasteiger partial charge on any atom is -0.381 e. The smallest absolute Gasteiger partial charge is 0.0469 e. The summed E-state index contributed by atoms with van der Waals surface area (Å²) >= 11 is 3.51. The fourth-order valence-electron chi connectivity index (χ4n) is 2.19. The van der Waals surface area contributed by atoms with Gasteiger partial charge in [0, 0.05) is 23.7 Å². The Hall–Kier alpha value is -0.380. The molecule has 0 bridgehead atoms. The molecule has 1 atom stereocenters. The van der Waals surface area contributed by atoms with Crippen molar-refractivity contribution < 1.29 is 4.74 Å². The van der Waals surface area contributed by atoms with Gasteiger partial charge in [0.15, 0.2) is 0 Å². The molecule has 1 fully saturated rings. The van der Waals surface area contributed by atoms with Crippen LogP contribution in [0.4, 0.5) is 0 Å². The monoisotopic (exact) mass is 297 g/mol. The van der Waals surface area contributed by atoms with Gasteiger partial charge in [0.1, 0.15) is 0 Å². The van der Waals surface area contributed by atoms with E-state index in [4.69, 9.17) is 4.74 Å². The van der Waals surface area contributed by atoms with Crippen LogP contribution in [0.15, 0.2) is 28.7 Å². The summed E-state index contributed by atoms with van der Waals surface area (Å²) in [7, 11) is 0. The van der Waals surface area contributed by atoms with E-state index in [2.05, 4.69) is 52.4 Å². The molecule has 0 amide bonds. The standard InChI is InChI=1S/C14H20BrNO/c1-11(13-3-2-4-14(15)9-13)16-10-12-5-7-17-8-6-12/h2-4,9,11-12,16H,5-8,10H2,1H3. The van der Waals surface area contributed by atoms with Crippen molar-refractivity contribution in [2.24, 2.45) is 5.92 Å². The highest BCUT2D eigenvalue weighted by atomic mass is 79.9. The van der Waals surface area contributed by atoms with Crippen LogP contribution in [0.5, 0.6) is 0 Å². The lowest BCUT2D eigenvalue weighted by Crippen LogP contribution is -2.29. The molecule has 0 spiro atoms. The van der Waals surface area contributed by atoms with Gasteiger partial charge in [-0.3, -0.25) is 0 Å². The minimum atomic E-state index is 0.412. The number of nitrogens with one attached hydrogen (secondary N) is 1. The van der Waals surface area contributed by atoms with Gasteiger partial charge < -0.3 is 10.1 Å². The fraction of sp³-hybridized carbons (Fsp3) is 0.571. The molecule has 0 radical (unpaired) electrons. The van der Waals surface area contributed by atoms with Crippen LogP contribution in [-0.4, -0.2) is 19.8 Å². The van der Waals surface area contributed by atoms with Crippen LogP contribution < -0.4 is 5.32 Å². The van der Waals surface area contributed by atoms with E-state index >= 15 is 0 Å². The van der Waals surface area contributed by atoms with Crippen LogP contribution in [0.2, 0.25) is 0 Å². The highest BCUT2D eigenvalue weighted by Crippen LogP contribution is 2.19. The van der Waals surface area contributed by atoms with Crippen LogP contribution in [-0.2, 0) is 4.74 Å². The zero-order chi connectivity index (χ0) is 12.1. The molecule has 94 valence electrons. The molecule has 0 aliphatic carbocycles. The minimum absolute atomic E-state index is 0.412. The third kappa shape index (κ3) is 4.09. The van der Waals surface area contributed by atoms with Crippen molar-refractivity contribution in [1.29, 1.82) is 0 Å². The molecule has 1 heterocycles. The molecule has 0 aromatic heterocycles. The number of ether oxygens (including phenoxy) is 1. The molecule has 2 rings (SSSR count). The summed E-state index contributed by atoms with van der Waals surface area (Å²) < 4.78 is 6.52. The highest BCUT2D eigenvalue weighted by Gasteiger charge is 2.14. The van der Waals surface area contributed by atoms with Gasteiger partial charge in [-0.25, -0.2) is 0 Å².